The first-order chi connectivity index (χ1) is 9.65. The molecule has 0 aliphatic heterocycles. The number of carbonyl (C=O) groups excluding carboxylic acids is 2. The maximum atomic E-state index is 12.1. The van der Waals surface area contributed by atoms with Gasteiger partial charge >= 0.3 is 0 Å². The van der Waals surface area contributed by atoms with E-state index in [0.717, 1.165) is 18.6 Å². The molecule has 0 atom stereocenters. The van der Waals surface area contributed by atoms with Gasteiger partial charge in [-0.2, -0.15) is 0 Å². The minimum absolute atomic E-state index is 0.00785. The molecule has 0 N–H and O–H groups in total. The van der Waals surface area contributed by atoms with E-state index >= 15 is 0 Å². The van der Waals surface area contributed by atoms with Crippen molar-refractivity contribution in [2.45, 2.75) is 39.0 Å². The summed E-state index contributed by atoms with van der Waals surface area (Å²) in [5.74, 6) is 0.270. The van der Waals surface area contributed by atoms with Crippen molar-refractivity contribution in [2.24, 2.45) is 0 Å². The lowest BCUT2D eigenvalue weighted by atomic mass is 10.1. The van der Waals surface area contributed by atoms with Gasteiger partial charge < -0.3 is 9.47 Å². The molecule has 1 aliphatic rings. The maximum Gasteiger partial charge on any atom is 0.238 e. The Bertz CT molecular complexity index is 424. The molecule has 0 aromatic carbocycles. The Hall–Kier alpha value is -1.23. The molecule has 1 aliphatic carbocycles. The van der Waals surface area contributed by atoms with Gasteiger partial charge in [0.1, 0.15) is 0 Å². The highest BCUT2D eigenvalue weighted by atomic mass is 32.2. The summed E-state index contributed by atoms with van der Waals surface area (Å²) in [5.41, 5.74) is 0. The van der Waals surface area contributed by atoms with Crippen LogP contribution in [-0.2, 0) is 19.1 Å². The van der Waals surface area contributed by atoms with Gasteiger partial charge in [0, 0.05) is 6.08 Å². The number of rotatable bonds is 9. The Morgan fingerprint density at radius 3 is 2.25 bits per heavy atom. The second-order valence-corrected chi connectivity index (χ2v) is 5.67. The summed E-state index contributed by atoms with van der Waals surface area (Å²) in [6.07, 6.45) is 7.24. The number of thioether (sulfide) groups is 1. The van der Waals surface area contributed by atoms with E-state index in [4.69, 9.17) is 9.47 Å². The summed E-state index contributed by atoms with van der Waals surface area (Å²) in [6.45, 7) is 2.18. The SMILES string of the molecule is CCCCCCCSC1=CC(=O)C(OC)=C(OC)C1=O. The second-order valence-electron chi connectivity index (χ2n) is 4.53. The summed E-state index contributed by atoms with van der Waals surface area (Å²) in [4.78, 5) is 24.4. The minimum Gasteiger partial charge on any atom is -0.490 e. The Morgan fingerprint density at radius 2 is 1.65 bits per heavy atom. The van der Waals surface area contributed by atoms with E-state index in [9.17, 15) is 9.59 Å². The Balaban J connectivity index is 2.52. The average Bonchev–Trinajstić information content (AvgIpc) is 2.45. The lowest BCUT2D eigenvalue weighted by Gasteiger charge is -2.16. The quantitative estimate of drug-likeness (QED) is 0.483. The van der Waals surface area contributed by atoms with E-state index < -0.39 is 0 Å². The monoisotopic (exact) mass is 298 g/mol. The van der Waals surface area contributed by atoms with E-state index in [-0.39, 0.29) is 23.1 Å². The molecule has 0 aromatic heterocycles. The van der Waals surface area contributed by atoms with E-state index in [2.05, 4.69) is 6.92 Å². The average molecular weight is 298 g/mol. The van der Waals surface area contributed by atoms with Crippen LogP contribution in [-0.4, -0.2) is 31.5 Å². The zero-order valence-corrected chi connectivity index (χ0v) is 13.2. The van der Waals surface area contributed by atoms with E-state index in [1.807, 2.05) is 0 Å². The van der Waals surface area contributed by atoms with Crippen LogP contribution in [0.3, 0.4) is 0 Å². The normalized spacial score (nSPS) is 15.4. The topological polar surface area (TPSA) is 52.6 Å². The molecule has 112 valence electrons. The molecule has 4 nitrogen and oxygen atoms in total. The van der Waals surface area contributed by atoms with E-state index in [1.54, 1.807) is 0 Å². The molecule has 0 amide bonds. The number of hydrogen-bond acceptors (Lipinski definition) is 5. The van der Waals surface area contributed by atoms with Gasteiger partial charge in [-0.25, -0.2) is 0 Å². The van der Waals surface area contributed by atoms with Crippen LogP contribution in [0.25, 0.3) is 0 Å². The summed E-state index contributed by atoms with van der Waals surface area (Å²) >= 11 is 1.42. The third-order valence-corrected chi connectivity index (χ3v) is 4.14. The first-order valence-electron chi connectivity index (χ1n) is 6.91. The number of hydrogen-bond donors (Lipinski definition) is 0. The van der Waals surface area contributed by atoms with Crippen molar-refractivity contribution in [1.82, 2.24) is 0 Å². The first kappa shape index (κ1) is 16.8. The molecule has 1 rings (SSSR count). The molecule has 5 heteroatoms. The predicted octanol–water partition coefficient (Wildman–Crippen LogP) is 3.23. The van der Waals surface area contributed by atoms with E-state index in [1.165, 1.54) is 51.3 Å². The molecule has 0 saturated carbocycles. The summed E-state index contributed by atoms with van der Waals surface area (Å²) in [6, 6.07) is 0. The third kappa shape index (κ3) is 4.40. The van der Waals surface area contributed by atoms with Crippen molar-refractivity contribution in [1.29, 1.82) is 0 Å². The smallest absolute Gasteiger partial charge is 0.238 e. The molecule has 0 saturated heterocycles. The number of methoxy groups -OCH3 is 2. The van der Waals surface area contributed by atoms with Gasteiger partial charge in [0.2, 0.25) is 23.1 Å². The molecular weight excluding hydrogens is 276 g/mol. The standard InChI is InChI=1S/C15H22O4S/c1-4-5-6-7-8-9-20-12-10-11(16)14(18-2)15(19-3)13(12)17/h10H,4-9H2,1-3H3. The number of allylic oxidation sites excluding steroid dienone is 2. The zero-order valence-electron chi connectivity index (χ0n) is 12.4. The number of carbonyl (C=O) groups is 2. The highest BCUT2D eigenvalue weighted by Gasteiger charge is 2.30. The number of ketones is 2. The van der Waals surface area contributed by atoms with Crippen LogP contribution in [0.2, 0.25) is 0 Å². The van der Waals surface area contributed by atoms with Crippen molar-refractivity contribution < 1.29 is 19.1 Å². The van der Waals surface area contributed by atoms with Crippen LogP contribution in [0.15, 0.2) is 22.5 Å². The van der Waals surface area contributed by atoms with Crippen molar-refractivity contribution in [2.75, 3.05) is 20.0 Å². The third-order valence-electron chi connectivity index (χ3n) is 3.04. The second kappa shape index (κ2) is 8.84. The van der Waals surface area contributed by atoms with Crippen molar-refractivity contribution in [3.63, 3.8) is 0 Å². The van der Waals surface area contributed by atoms with Crippen LogP contribution in [0, 0.1) is 0 Å². The fourth-order valence-electron chi connectivity index (χ4n) is 1.95. The summed E-state index contributed by atoms with van der Waals surface area (Å²) in [7, 11) is 2.73. The molecule has 20 heavy (non-hydrogen) atoms. The van der Waals surface area contributed by atoms with Crippen molar-refractivity contribution in [3.05, 3.63) is 22.5 Å². The van der Waals surface area contributed by atoms with E-state index in [0.29, 0.717) is 4.91 Å². The molecular formula is C15H22O4S. The van der Waals surface area contributed by atoms with Gasteiger partial charge in [0.15, 0.2) is 0 Å². The van der Waals surface area contributed by atoms with Gasteiger partial charge in [-0.05, 0) is 12.2 Å². The minimum atomic E-state index is -0.308. The van der Waals surface area contributed by atoms with Gasteiger partial charge in [0.05, 0.1) is 19.1 Å². The summed E-state index contributed by atoms with van der Waals surface area (Å²) in [5, 5.41) is 0. The number of Topliss-reactive ketones (excluding diaryl/α,β-unsaturated/α-hetero) is 1. The lowest BCUT2D eigenvalue weighted by Crippen LogP contribution is -2.20. The highest BCUT2D eigenvalue weighted by molar-refractivity contribution is 8.04. The Labute approximate surface area is 124 Å². The lowest BCUT2D eigenvalue weighted by molar-refractivity contribution is -0.119. The van der Waals surface area contributed by atoms with Gasteiger partial charge in [-0.3, -0.25) is 9.59 Å². The van der Waals surface area contributed by atoms with Gasteiger partial charge in [-0.1, -0.05) is 32.6 Å². The highest BCUT2D eigenvalue weighted by Crippen LogP contribution is 2.28. The largest absolute Gasteiger partial charge is 0.490 e. The fraction of sp³-hybridized carbons (Fsp3) is 0.600. The number of unbranched alkanes of at least 4 members (excludes halogenated alkanes) is 4. The molecule has 0 heterocycles. The van der Waals surface area contributed by atoms with Crippen LogP contribution in [0.4, 0.5) is 0 Å². The van der Waals surface area contributed by atoms with Crippen molar-refractivity contribution in [3.8, 4) is 0 Å². The van der Waals surface area contributed by atoms with Gasteiger partial charge in [0.25, 0.3) is 0 Å². The number of ether oxygens (including phenoxy) is 2. The molecule has 0 unspecified atom stereocenters. The van der Waals surface area contributed by atoms with Crippen LogP contribution in [0.5, 0.6) is 0 Å². The summed E-state index contributed by atoms with van der Waals surface area (Å²) < 4.78 is 9.92. The van der Waals surface area contributed by atoms with Gasteiger partial charge in [-0.15, -0.1) is 11.8 Å². The molecule has 0 radical (unpaired) electrons. The fourth-order valence-corrected chi connectivity index (χ4v) is 2.93. The first-order valence-corrected chi connectivity index (χ1v) is 7.90. The molecule has 0 fully saturated rings. The predicted molar refractivity (Wildman–Crippen MR) is 80.4 cm³/mol. The molecule has 0 aromatic rings. The Kier molecular flexibility index (Phi) is 7.44. The van der Waals surface area contributed by atoms with Crippen LogP contribution in [0.1, 0.15) is 39.0 Å². The Morgan fingerprint density at radius 1 is 1.00 bits per heavy atom. The molecule has 0 bridgehead atoms. The van der Waals surface area contributed by atoms with Crippen LogP contribution >= 0.6 is 11.8 Å². The maximum absolute atomic E-state index is 12.1. The molecule has 0 spiro atoms. The van der Waals surface area contributed by atoms with Crippen LogP contribution < -0.4 is 0 Å². The van der Waals surface area contributed by atoms with Crippen molar-refractivity contribution >= 4 is 23.3 Å². The zero-order chi connectivity index (χ0) is 15.0.